The van der Waals surface area contributed by atoms with Gasteiger partial charge in [0.25, 0.3) is 40.1 Å². The minimum atomic E-state index is -3.92. The second kappa shape index (κ2) is 55.1. The van der Waals surface area contributed by atoms with Crippen molar-refractivity contribution in [2.45, 2.75) is 181 Å². The molecule has 7 unspecified atom stereocenters. The van der Waals surface area contributed by atoms with Gasteiger partial charge in [0, 0.05) is 98.6 Å². The van der Waals surface area contributed by atoms with Crippen LogP contribution in [0.5, 0.6) is 0 Å². The van der Waals surface area contributed by atoms with Crippen molar-refractivity contribution in [1.82, 2.24) is 17.2 Å². The highest BCUT2D eigenvalue weighted by Gasteiger charge is 2.49. The third kappa shape index (κ3) is 32.2. The van der Waals surface area contributed by atoms with Crippen molar-refractivity contribution in [2.75, 3.05) is 147 Å². The van der Waals surface area contributed by atoms with E-state index in [4.69, 9.17) is 52.5 Å². The summed E-state index contributed by atoms with van der Waals surface area (Å²) in [7, 11) is -6.23. The number of methoxy groups -OCH3 is 6. The Bertz CT molecular complexity index is 3530. The summed E-state index contributed by atoms with van der Waals surface area (Å²) in [4.78, 5) is 50.6. The zero-order valence-corrected chi connectivity index (χ0v) is 66.0. The normalized spacial score (nSPS) is 18.8. The minimum Gasteiger partial charge on any atom is -0.394 e. The van der Waals surface area contributed by atoms with E-state index >= 15 is 0 Å². The highest BCUT2D eigenvalue weighted by Crippen LogP contribution is 2.37. The predicted molar refractivity (Wildman–Crippen MR) is 429 cm³/mol. The van der Waals surface area contributed by atoms with Crippen LogP contribution in [0.25, 0.3) is 0 Å². The summed E-state index contributed by atoms with van der Waals surface area (Å²) in [5.41, 5.74) is 3.83. The fourth-order valence-corrected chi connectivity index (χ4v) is 18.4. The number of aliphatic hydroxyl groups excluding tert-OH is 1. The number of sulfonamides is 4. The minimum absolute atomic E-state index is 0. The maximum Gasteiger partial charge on any atom is 0.266 e. The first-order valence-corrected chi connectivity index (χ1v) is 41.0. The molecule has 0 spiro atoms. The fourth-order valence-electron chi connectivity index (χ4n) is 11.6. The van der Waals surface area contributed by atoms with Gasteiger partial charge in [-0.15, -0.1) is 0 Å². The van der Waals surface area contributed by atoms with Crippen LogP contribution in [0.1, 0.15) is 132 Å². The van der Waals surface area contributed by atoms with Crippen molar-refractivity contribution in [3.8, 4) is 0 Å². The Morgan fingerprint density at radius 1 is 0.367 bits per heavy atom. The quantitative estimate of drug-likeness (QED) is 0.0324. The van der Waals surface area contributed by atoms with Gasteiger partial charge in [-0.2, -0.15) is 0 Å². The van der Waals surface area contributed by atoms with Crippen LogP contribution in [0.3, 0.4) is 0 Å². The van der Waals surface area contributed by atoms with Crippen LogP contribution < -0.4 is 0 Å². The van der Waals surface area contributed by atoms with Gasteiger partial charge in [-0.1, -0.05) is 138 Å². The van der Waals surface area contributed by atoms with Gasteiger partial charge < -0.3 is 52.5 Å². The van der Waals surface area contributed by atoms with Gasteiger partial charge in [0.05, 0.1) is 116 Å². The molecule has 4 heterocycles. The second-order valence-corrected chi connectivity index (χ2v) is 32.9. The van der Waals surface area contributed by atoms with Crippen LogP contribution in [0.4, 0.5) is 0 Å². The first kappa shape index (κ1) is 108. The van der Waals surface area contributed by atoms with Crippen molar-refractivity contribution in [1.29, 1.82) is 0 Å². The van der Waals surface area contributed by atoms with Crippen LogP contribution >= 0.6 is 15.9 Å². The van der Waals surface area contributed by atoms with Crippen molar-refractivity contribution in [3.05, 3.63) is 119 Å². The average Bonchev–Trinajstić information content (AvgIpc) is 1.67. The number of hydrogen-bond acceptors (Lipinski definition) is 23. The number of amides is 4. The van der Waals surface area contributed by atoms with Crippen LogP contribution in [-0.2, 0) is 107 Å². The molecule has 109 heavy (non-hydrogen) atoms. The topological polar surface area (TPSA) is 330 Å². The lowest BCUT2D eigenvalue weighted by Gasteiger charge is -2.24. The summed E-state index contributed by atoms with van der Waals surface area (Å²) in [6.45, 7) is 15.4. The highest BCUT2D eigenvalue weighted by molar-refractivity contribution is 9.09. The maximum absolute atomic E-state index is 13.0. The third-order valence-electron chi connectivity index (χ3n) is 16.9. The summed E-state index contributed by atoms with van der Waals surface area (Å²) in [5.74, 6) is -2.72. The Kier molecular flexibility index (Phi) is 54.5. The van der Waals surface area contributed by atoms with Crippen molar-refractivity contribution < 1.29 is 105 Å². The van der Waals surface area contributed by atoms with Crippen LogP contribution in [0, 0.1) is 45.4 Å². The monoisotopic (exact) mass is 1690 g/mol. The Hall–Kier alpha value is -5.40. The Morgan fingerprint density at radius 3 is 0.899 bits per heavy atom. The summed E-state index contributed by atoms with van der Waals surface area (Å²) >= 11 is 3.28. The zero-order chi connectivity index (χ0) is 76.3. The fraction of sp³-hybridized carbons (Fsp3) is 0.636. The first-order chi connectivity index (χ1) is 49.1. The zero-order valence-electron chi connectivity index (χ0n) is 61.2. The highest BCUT2D eigenvalue weighted by atomic mass is 79.9. The Labute approximate surface area is 663 Å². The molecule has 4 amide bonds. The maximum atomic E-state index is 13.0. The summed E-state index contributed by atoms with van der Waals surface area (Å²) in [6.07, 6.45) is 4.54. The molecule has 32 heteroatoms. The lowest BCUT2D eigenvalue weighted by Crippen LogP contribution is -2.41. The molecule has 0 saturated carbocycles. The van der Waals surface area contributed by atoms with E-state index in [2.05, 4.69) is 22.9 Å². The SMILES string of the molecule is C.C.C.C.C.C.CCCOCCOC.COCC1CC(CCOCCBr)C(=O)N1S(=O)(=O)c1ccc(C)cc1.COCC1CC(CCOCCO)C(=O)N1S(=O)(=O)c1ccc(C)cc1.COCC1CCC(=O)N1S(=O)(=O)c1ccc(C)cc1.COCCOCCC1CC(COC)N(S(=O)(=O)c2ccc(C)cc2)C1=O. The average molecular weight is 1690 g/mol. The molecule has 4 aromatic rings. The smallest absolute Gasteiger partial charge is 0.266 e. The van der Waals surface area contributed by atoms with Crippen molar-refractivity contribution in [2.24, 2.45) is 17.8 Å². The number of ether oxygens (including phenoxy) is 10. The van der Waals surface area contributed by atoms with E-state index in [-0.39, 0.29) is 134 Å². The number of nitrogens with zero attached hydrogens (tertiary/aromatic N) is 4. The number of aliphatic hydroxyl groups is 1. The van der Waals surface area contributed by atoms with Gasteiger partial charge in [-0.05, 0) is 128 Å². The van der Waals surface area contributed by atoms with E-state index in [1.807, 2.05) is 27.7 Å². The standard InChI is InChI=1S/C18H27NO6S.C17H24BrNO5S.C17H25NO6S.C13H17NO4S.C6H14O2.6CH4/c1-14-4-6-17(7-5-14)26(21,22)19-16(13-24-3)12-15(18(19)20)8-9-25-11-10-23-2;1-13-3-5-16(6-4-13)25(21,22)19-15(12-23-2)11-14(17(19)20)7-9-24-10-8-18;1-13-3-5-16(6-4-13)25(21,22)18-15(12-23-2)11-14(17(18)20)7-9-24-10-8-19;1-10-3-6-12(7-4-10)19(16,17)14-11(9-18-2)5-8-13(14)15;1-3-4-8-6-5-7-2;;;;;;/h4-7,15-16H,8-13H2,1-3H3;3-6,14-15H,7-12H2,1-2H3;3-6,14-15,19H,7-12H2,1-2H3;3-4,6-7,11H,5,8-9H2,1-2H3;3-6H2,1-2H3;6*1H4. The number of aryl methyl sites for hydroxylation is 4. The number of carbonyl (C=O) groups excluding carboxylic acids is 4. The number of benzene rings is 4. The molecule has 4 aliphatic heterocycles. The summed E-state index contributed by atoms with van der Waals surface area (Å²) in [5, 5.41) is 9.45. The third-order valence-corrected chi connectivity index (χ3v) is 24.7. The number of rotatable bonds is 37. The lowest BCUT2D eigenvalue weighted by molar-refractivity contribution is -0.129. The summed E-state index contributed by atoms with van der Waals surface area (Å²) in [6, 6.07) is 24.1. The second-order valence-electron chi connectivity index (χ2n) is 24.9. The molecule has 27 nitrogen and oxygen atoms in total. The molecule has 4 aromatic carbocycles. The summed E-state index contributed by atoms with van der Waals surface area (Å²) < 4.78 is 158. The molecule has 0 radical (unpaired) electrons. The Morgan fingerprint density at radius 2 is 0.633 bits per heavy atom. The predicted octanol–water partition coefficient (Wildman–Crippen LogP) is 11.1. The molecule has 8 rings (SSSR count). The molecular formula is C77H131BrN4O23S4. The number of hydrogen-bond donors (Lipinski definition) is 1. The van der Waals surface area contributed by atoms with Gasteiger partial charge in [-0.3, -0.25) is 19.2 Å². The van der Waals surface area contributed by atoms with Gasteiger partial charge in [-0.25, -0.2) is 50.9 Å². The van der Waals surface area contributed by atoms with Crippen molar-refractivity contribution in [3.63, 3.8) is 0 Å². The molecule has 0 bridgehead atoms. The molecule has 1 N–H and O–H groups in total. The molecule has 0 aliphatic carbocycles. The molecule has 4 saturated heterocycles. The first-order valence-electron chi connectivity index (χ1n) is 34.1. The molecule has 628 valence electrons. The number of halogens is 1. The molecule has 7 atom stereocenters. The molecule has 4 aliphatic rings. The Balaban J connectivity index is -0.00000131. The van der Waals surface area contributed by atoms with Crippen molar-refractivity contribution >= 4 is 79.7 Å². The van der Waals surface area contributed by atoms with E-state index in [0.29, 0.717) is 91.2 Å². The largest absolute Gasteiger partial charge is 0.394 e. The van der Waals surface area contributed by atoms with E-state index in [1.165, 1.54) is 77.0 Å². The van der Waals surface area contributed by atoms with E-state index in [1.54, 1.807) is 62.8 Å². The van der Waals surface area contributed by atoms with E-state index in [0.717, 1.165) is 64.4 Å². The molecule has 4 fully saturated rings. The van der Waals surface area contributed by atoms with Gasteiger partial charge >= 0.3 is 0 Å². The number of alkyl halides is 1. The number of carbonyl (C=O) groups is 4. The van der Waals surface area contributed by atoms with Gasteiger partial charge in [0.2, 0.25) is 23.6 Å². The van der Waals surface area contributed by atoms with Crippen LogP contribution in [-0.4, -0.2) is 251 Å². The molecule has 0 aromatic heterocycles. The lowest BCUT2D eigenvalue weighted by atomic mass is 10.0. The van der Waals surface area contributed by atoms with E-state index < -0.39 is 82.0 Å². The molecular weight excluding hydrogens is 1560 g/mol. The van der Waals surface area contributed by atoms with Gasteiger partial charge in [0.1, 0.15) is 0 Å². The van der Waals surface area contributed by atoms with Gasteiger partial charge in [0.15, 0.2) is 0 Å². The van der Waals surface area contributed by atoms with E-state index in [9.17, 15) is 52.8 Å². The van der Waals surface area contributed by atoms with Crippen LogP contribution in [0.15, 0.2) is 117 Å². The van der Waals surface area contributed by atoms with Crippen LogP contribution in [0.2, 0.25) is 0 Å².